The van der Waals surface area contributed by atoms with Crippen LogP contribution in [0.4, 0.5) is 10.5 Å². The van der Waals surface area contributed by atoms with Crippen molar-refractivity contribution in [2.75, 3.05) is 18.2 Å². The van der Waals surface area contributed by atoms with Crippen LogP contribution in [-0.2, 0) is 6.54 Å². The summed E-state index contributed by atoms with van der Waals surface area (Å²) in [6.07, 6.45) is 4.14. The van der Waals surface area contributed by atoms with Crippen molar-refractivity contribution < 1.29 is 9.53 Å². The number of fused-ring (bicyclic) bond motifs is 3. The number of para-hydroxylation sites is 1. The maximum absolute atomic E-state index is 13.7. The Morgan fingerprint density at radius 1 is 1.00 bits per heavy atom. The first-order chi connectivity index (χ1) is 16.7. The van der Waals surface area contributed by atoms with Crippen molar-refractivity contribution >= 4 is 23.5 Å². The van der Waals surface area contributed by atoms with Gasteiger partial charge in [0.1, 0.15) is 5.75 Å². The van der Waals surface area contributed by atoms with Crippen LogP contribution < -0.4 is 10.1 Å². The van der Waals surface area contributed by atoms with Crippen LogP contribution in [-0.4, -0.2) is 28.4 Å². The van der Waals surface area contributed by atoms with E-state index in [1.807, 2.05) is 54.3 Å². The number of thioether (sulfide) groups is 1. The summed E-state index contributed by atoms with van der Waals surface area (Å²) in [7, 11) is 0. The monoisotopic (exact) mass is 469 g/mol. The highest BCUT2D eigenvalue weighted by atomic mass is 32.2. The third kappa shape index (κ3) is 4.29. The fraction of sp³-hybridized carbons (Fsp3) is 0.179. The highest BCUT2D eigenvalue weighted by Gasteiger charge is 2.33. The third-order valence-corrected chi connectivity index (χ3v) is 6.82. The topological polar surface area (TPSA) is 46.5 Å². The minimum atomic E-state index is -0.235. The molecule has 3 aromatic carbocycles. The second-order valence-corrected chi connectivity index (χ2v) is 9.00. The molecule has 4 aromatic rings. The van der Waals surface area contributed by atoms with Crippen LogP contribution >= 0.6 is 11.8 Å². The van der Waals surface area contributed by atoms with Crippen LogP contribution in [0.15, 0.2) is 96.0 Å². The number of nitrogens with zero attached hydrogens (tertiary/aromatic N) is 2. The quantitative estimate of drug-likeness (QED) is 0.330. The van der Waals surface area contributed by atoms with Gasteiger partial charge in [-0.3, -0.25) is 0 Å². The molecule has 0 fully saturated rings. The maximum Gasteiger partial charge on any atom is 0.322 e. The number of aromatic nitrogens is 1. The van der Waals surface area contributed by atoms with E-state index in [0.29, 0.717) is 13.2 Å². The van der Waals surface area contributed by atoms with Crippen LogP contribution in [0.25, 0.3) is 5.69 Å². The van der Waals surface area contributed by atoms with Crippen LogP contribution in [0.2, 0.25) is 0 Å². The zero-order valence-electron chi connectivity index (χ0n) is 19.3. The highest BCUT2D eigenvalue weighted by molar-refractivity contribution is 7.98. The van der Waals surface area contributed by atoms with E-state index in [9.17, 15) is 4.79 Å². The highest BCUT2D eigenvalue weighted by Crippen LogP contribution is 2.37. The molecule has 172 valence electrons. The number of hydrogen-bond donors (Lipinski definition) is 1. The number of urea groups is 1. The number of amides is 2. The van der Waals surface area contributed by atoms with E-state index >= 15 is 0 Å². The number of benzene rings is 3. The predicted octanol–water partition coefficient (Wildman–Crippen LogP) is 6.74. The molecule has 0 saturated heterocycles. The Morgan fingerprint density at radius 2 is 1.76 bits per heavy atom. The average molecular weight is 470 g/mol. The number of rotatable bonds is 5. The van der Waals surface area contributed by atoms with Gasteiger partial charge in [0.25, 0.3) is 0 Å². The SMILES string of the molecule is CCOc1ccc(NC(=O)N2Cc3ccccc3-n3cccc3[C@H]2c2ccc(SC)cc2)cc1. The van der Waals surface area contributed by atoms with E-state index in [-0.39, 0.29) is 12.1 Å². The van der Waals surface area contributed by atoms with E-state index < -0.39 is 0 Å². The van der Waals surface area contributed by atoms with Gasteiger partial charge in [0.15, 0.2) is 0 Å². The van der Waals surface area contributed by atoms with Crippen molar-refractivity contribution in [3.63, 3.8) is 0 Å². The molecular weight excluding hydrogens is 442 g/mol. The first kappa shape index (κ1) is 22.2. The Morgan fingerprint density at radius 3 is 2.50 bits per heavy atom. The fourth-order valence-electron chi connectivity index (χ4n) is 4.47. The standard InChI is InChI=1S/C28H27N3O2S/c1-3-33-23-14-12-22(13-15-23)29-28(32)31-19-21-7-4-5-8-25(21)30-18-6-9-26(30)27(31)20-10-16-24(34-2)17-11-20/h4-18,27H,3,19H2,1-2H3,(H,29,32)/t27-/m1/s1. The van der Waals surface area contributed by atoms with Gasteiger partial charge in [0.05, 0.1) is 24.9 Å². The molecule has 6 heteroatoms. The molecule has 2 heterocycles. The molecule has 0 saturated carbocycles. The molecule has 0 radical (unpaired) electrons. The molecule has 1 aliphatic heterocycles. The Hall–Kier alpha value is -3.64. The summed E-state index contributed by atoms with van der Waals surface area (Å²) < 4.78 is 7.74. The van der Waals surface area contributed by atoms with Gasteiger partial charge in [-0.1, -0.05) is 30.3 Å². The molecule has 0 unspecified atom stereocenters. The molecule has 34 heavy (non-hydrogen) atoms. The first-order valence-corrected chi connectivity index (χ1v) is 12.6. The minimum absolute atomic E-state index is 0.146. The van der Waals surface area contributed by atoms with Crippen LogP contribution in [0.1, 0.15) is 29.8 Å². The van der Waals surface area contributed by atoms with E-state index in [0.717, 1.165) is 33.9 Å². The third-order valence-electron chi connectivity index (χ3n) is 6.07. The van der Waals surface area contributed by atoms with Gasteiger partial charge in [0.2, 0.25) is 0 Å². The van der Waals surface area contributed by atoms with Gasteiger partial charge in [-0.2, -0.15) is 0 Å². The Labute approximate surface area is 204 Å². The van der Waals surface area contributed by atoms with E-state index in [1.165, 1.54) is 4.90 Å². The molecule has 2 amide bonds. The van der Waals surface area contributed by atoms with E-state index in [4.69, 9.17) is 4.74 Å². The summed E-state index contributed by atoms with van der Waals surface area (Å²) in [4.78, 5) is 16.9. The lowest BCUT2D eigenvalue weighted by atomic mass is 10.0. The van der Waals surface area contributed by atoms with Crippen LogP contribution in [0, 0.1) is 0 Å². The minimum Gasteiger partial charge on any atom is -0.494 e. The van der Waals surface area contributed by atoms with Crippen molar-refractivity contribution in [2.45, 2.75) is 24.4 Å². The Bertz CT molecular complexity index is 1280. The zero-order chi connectivity index (χ0) is 23.5. The van der Waals surface area contributed by atoms with Crippen LogP contribution in [0.3, 0.4) is 0 Å². The molecule has 5 nitrogen and oxygen atoms in total. The number of carbonyl (C=O) groups excluding carboxylic acids is 1. The molecule has 0 aliphatic carbocycles. The Balaban J connectivity index is 1.55. The van der Waals surface area contributed by atoms with E-state index in [2.05, 4.69) is 64.8 Å². The molecule has 0 bridgehead atoms. The summed E-state index contributed by atoms with van der Waals surface area (Å²) in [6.45, 7) is 3.06. The van der Waals surface area contributed by atoms with Crippen molar-refractivity contribution in [1.29, 1.82) is 0 Å². The summed E-state index contributed by atoms with van der Waals surface area (Å²) >= 11 is 1.71. The smallest absolute Gasteiger partial charge is 0.322 e. The number of anilines is 1. The van der Waals surface area contributed by atoms with Crippen molar-refractivity contribution in [2.24, 2.45) is 0 Å². The van der Waals surface area contributed by atoms with Crippen molar-refractivity contribution in [3.05, 3.63) is 108 Å². The number of nitrogens with one attached hydrogen (secondary N) is 1. The first-order valence-electron chi connectivity index (χ1n) is 11.4. The van der Waals surface area contributed by atoms with Gasteiger partial charge in [0, 0.05) is 22.5 Å². The van der Waals surface area contributed by atoms with Gasteiger partial charge in [-0.15, -0.1) is 11.8 Å². The lowest BCUT2D eigenvalue weighted by molar-refractivity contribution is 0.194. The van der Waals surface area contributed by atoms with Gasteiger partial charge >= 0.3 is 6.03 Å². The normalized spacial score (nSPS) is 14.6. The zero-order valence-corrected chi connectivity index (χ0v) is 20.1. The molecule has 1 atom stereocenters. The fourth-order valence-corrected chi connectivity index (χ4v) is 4.88. The lowest BCUT2D eigenvalue weighted by Crippen LogP contribution is -2.37. The van der Waals surface area contributed by atoms with Gasteiger partial charge in [-0.05, 0) is 78.9 Å². The van der Waals surface area contributed by atoms with Crippen molar-refractivity contribution in [3.8, 4) is 11.4 Å². The van der Waals surface area contributed by atoms with Crippen LogP contribution in [0.5, 0.6) is 5.75 Å². The molecule has 0 spiro atoms. The summed E-state index contributed by atoms with van der Waals surface area (Å²) in [5.74, 6) is 0.786. The molecule has 5 rings (SSSR count). The van der Waals surface area contributed by atoms with Gasteiger partial charge < -0.3 is 19.5 Å². The molecule has 1 aliphatic rings. The summed E-state index contributed by atoms with van der Waals surface area (Å²) in [6, 6.07) is 28.0. The molecular formula is C28H27N3O2S. The lowest BCUT2D eigenvalue weighted by Gasteiger charge is -2.31. The molecule has 1 aromatic heterocycles. The largest absolute Gasteiger partial charge is 0.494 e. The second kappa shape index (κ2) is 9.69. The summed E-state index contributed by atoms with van der Waals surface area (Å²) in [5, 5.41) is 3.10. The number of carbonyl (C=O) groups is 1. The second-order valence-electron chi connectivity index (χ2n) is 8.12. The maximum atomic E-state index is 13.7. The van der Waals surface area contributed by atoms with Crippen molar-refractivity contribution in [1.82, 2.24) is 9.47 Å². The van der Waals surface area contributed by atoms with Gasteiger partial charge in [-0.25, -0.2) is 4.79 Å². The average Bonchev–Trinajstić information content (AvgIpc) is 3.30. The summed E-state index contributed by atoms with van der Waals surface area (Å²) in [5.41, 5.74) is 5.07. The molecule has 1 N–H and O–H groups in total. The van der Waals surface area contributed by atoms with E-state index in [1.54, 1.807) is 11.8 Å². The number of hydrogen-bond acceptors (Lipinski definition) is 3. The number of ether oxygens (including phenoxy) is 1. The Kier molecular flexibility index (Phi) is 6.32. The predicted molar refractivity (Wildman–Crippen MR) is 138 cm³/mol.